The molecule has 114 valence electrons. The first-order chi connectivity index (χ1) is 10.0. The second-order valence-corrected chi connectivity index (χ2v) is 4.81. The summed E-state index contributed by atoms with van der Waals surface area (Å²) in [5.41, 5.74) is 0.0763. The van der Waals surface area contributed by atoms with Crippen molar-refractivity contribution in [2.45, 2.75) is 25.6 Å². The van der Waals surface area contributed by atoms with Gasteiger partial charge in [0, 0.05) is 6.54 Å². The van der Waals surface area contributed by atoms with Gasteiger partial charge in [-0.15, -0.1) is 15.3 Å². The van der Waals surface area contributed by atoms with E-state index in [1.165, 1.54) is 6.07 Å². The number of nitrogens with zero attached hydrogens (tertiary/aromatic N) is 5. The molecule has 0 saturated carbocycles. The summed E-state index contributed by atoms with van der Waals surface area (Å²) in [5.74, 6) is -0.636. The summed E-state index contributed by atoms with van der Waals surface area (Å²) in [4.78, 5) is 1.96. The Morgan fingerprint density at radius 2 is 2.14 bits per heavy atom. The molecule has 0 spiro atoms. The van der Waals surface area contributed by atoms with Gasteiger partial charge in [0.1, 0.15) is 5.82 Å². The first kappa shape index (κ1) is 14.1. The molecule has 0 N–H and O–H groups in total. The molecule has 2 aromatic heterocycles. The zero-order valence-corrected chi connectivity index (χ0v) is 11.3. The van der Waals surface area contributed by atoms with Crippen molar-refractivity contribution in [2.24, 2.45) is 0 Å². The van der Waals surface area contributed by atoms with Crippen molar-refractivity contribution in [3.05, 3.63) is 18.0 Å². The monoisotopic (exact) mass is 301 g/mol. The second kappa shape index (κ2) is 5.14. The minimum absolute atomic E-state index is 0.0763. The van der Waals surface area contributed by atoms with Crippen molar-refractivity contribution < 1.29 is 17.9 Å². The number of anilines is 1. The lowest BCUT2D eigenvalue weighted by Gasteiger charge is -2.35. The van der Waals surface area contributed by atoms with Crippen molar-refractivity contribution in [3.63, 3.8) is 0 Å². The minimum Gasteiger partial charge on any atom is -0.377 e. The molecular formula is C12H14F3N5O. The topological polar surface area (TPSA) is 55.5 Å². The Labute approximate surface area is 118 Å². The van der Waals surface area contributed by atoms with E-state index in [0.29, 0.717) is 25.6 Å². The van der Waals surface area contributed by atoms with Gasteiger partial charge in [-0.25, -0.2) is 0 Å². The largest absolute Gasteiger partial charge is 0.453 e. The molecule has 1 unspecified atom stereocenters. The van der Waals surface area contributed by atoms with Gasteiger partial charge in [0.05, 0.1) is 19.3 Å². The Hall–Kier alpha value is -1.90. The number of halogens is 3. The highest BCUT2D eigenvalue weighted by Gasteiger charge is 2.38. The van der Waals surface area contributed by atoms with Gasteiger partial charge in [0.25, 0.3) is 5.82 Å². The Morgan fingerprint density at radius 3 is 2.86 bits per heavy atom. The normalized spacial score (nSPS) is 20.2. The number of morpholine rings is 1. The molecule has 9 heteroatoms. The van der Waals surface area contributed by atoms with Crippen LogP contribution in [-0.2, 0) is 10.9 Å². The summed E-state index contributed by atoms with van der Waals surface area (Å²) in [6.45, 7) is 3.68. The van der Waals surface area contributed by atoms with Crippen LogP contribution in [0.5, 0.6) is 0 Å². The van der Waals surface area contributed by atoms with Gasteiger partial charge in [-0.1, -0.05) is 6.92 Å². The first-order valence-electron chi connectivity index (χ1n) is 6.64. The highest BCUT2D eigenvalue weighted by molar-refractivity contribution is 5.47. The van der Waals surface area contributed by atoms with Crippen molar-refractivity contribution >= 4 is 11.5 Å². The number of ether oxygens (including phenoxy) is 1. The summed E-state index contributed by atoms with van der Waals surface area (Å²) in [5, 5.41) is 10.7. The van der Waals surface area contributed by atoms with Crippen LogP contribution in [0.25, 0.3) is 5.65 Å². The van der Waals surface area contributed by atoms with Gasteiger partial charge in [-0.3, -0.25) is 0 Å². The number of rotatable bonds is 2. The predicted molar refractivity (Wildman–Crippen MR) is 68.0 cm³/mol. The molecule has 1 saturated heterocycles. The molecular weight excluding hydrogens is 287 g/mol. The van der Waals surface area contributed by atoms with Gasteiger partial charge < -0.3 is 9.64 Å². The lowest BCUT2D eigenvalue weighted by atomic mass is 10.2. The smallest absolute Gasteiger partial charge is 0.377 e. The van der Waals surface area contributed by atoms with Crippen LogP contribution in [0.4, 0.5) is 19.0 Å². The summed E-state index contributed by atoms with van der Waals surface area (Å²) in [6, 6.07) is 3.26. The number of alkyl halides is 3. The third kappa shape index (κ3) is 2.53. The van der Waals surface area contributed by atoms with Gasteiger partial charge in [0.15, 0.2) is 5.65 Å². The third-order valence-electron chi connectivity index (χ3n) is 3.50. The molecule has 0 amide bonds. The van der Waals surface area contributed by atoms with Crippen molar-refractivity contribution in [1.29, 1.82) is 0 Å². The average Bonchev–Trinajstić information content (AvgIpc) is 2.90. The van der Waals surface area contributed by atoms with Crippen LogP contribution < -0.4 is 4.90 Å². The maximum Gasteiger partial charge on any atom is 0.453 e. The van der Waals surface area contributed by atoms with Crippen molar-refractivity contribution in [2.75, 3.05) is 24.7 Å². The molecule has 3 heterocycles. The van der Waals surface area contributed by atoms with Crippen LogP contribution in [0.15, 0.2) is 12.1 Å². The van der Waals surface area contributed by atoms with E-state index in [1.807, 2.05) is 11.8 Å². The molecule has 0 aromatic carbocycles. The van der Waals surface area contributed by atoms with E-state index >= 15 is 0 Å². The maximum absolute atomic E-state index is 12.9. The number of aromatic nitrogens is 4. The fraction of sp³-hybridized carbons (Fsp3) is 0.583. The van der Waals surface area contributed by atoms with E-state index in [-0.39, 0.29) is 11.7 Å². The average molecular weight is 301 g/mol. The summed E-state index contributed by atoms with van der Waals surface area (Å²) in [7, 11) is 0. The predicted octanol–water partition coefficient (Wildman–Crippen LogP) is 1.76. The molecule has 0 aliphatic carbocycles. The van der Waals surface area contributed by atoms with Crippen LogP contribution in [0.3, 0.4) is 0 Å². The van der Waals surface area contributed by atoms with Crippen LogP contribution >= 0.6 is 0 Å². The van der Waals surface area contributed by atoms with Crippen molar-refractivity contribution in [3.8, 4) is 0 Å². The highest BCUT2D eigenvalue weighted by Crippen LogP contribution is 2.28. The van der Waals surface area contributed by atoms with Crippen LogP contribution in [0.1, 0.15) is 19.2 Å². The minimum atomic E-state index is -4.58. The van der Waals surface area contributed by atoms with Crippen LogP contribution in [0, 0.1) is 0 Å². The Kier molecular flexibility index (Phi) is 3.44. The molecule has 0 radical (unpaired) electrons. The molecule has 21 heavy (non-hydrogen) atoms. The SMILES string of the molecule is CCC1COCCN1c1ccc2nnc(C(F)(F)F)n2n1. The molecule has 2 aromatic rings. The van der Waals surface area contributed by atoms with E-state index in [1.54, 1.807) is 6.07 Å². The lowest BCUT2D eigenvalue weighted by Crippen LogP contribution is -2.45. The van der Waals surface area contributed by atoms with E-state index in [0.717, 1.165) is 10.9 Å². The summed E-state index contributed by atoms with van der Waals surface area (Å²) >= 11 is 0. The standard InChI is InChI=1S/C12H14F3N5O/c1-2-8-7-21-6-5-19(8)10-4-3-9-16-17-11(12(13,14)15)20(9)18-10/h3-4,8H,2,5-7H2,1H3. The zero-order valence-electron chi connectivity index (χ0n) is 11.3. The van der Waals surface area contributed by atoms with Gasteiger partial charge >= 0.3 is 6.18 Å². The number of fused-ring (bicyclic) bond motifs is 1. The first-order valence-corrected chi connectivity index (χ1v) is 6.64. The second-order valence-electron chi connectivity index (χ2n) is 4.81. The summed E-state index contributed by atoms with van der Waals surface area (Å²) < 4.78 is 44.8. The maximum atomic E-state index is 12.9. The van der Waals surface area contributed by atoms with Crippen LogP contribution in [-0.4, -0.2) is 45.6 Å². The summed E-state index contributed by atoms with van der Waals surface area (Å²) in [6.07, 6.45) is -3.76. The van der Waals surface area contributed by atoms with E-state index in [4.69, 9.17) is 4.74 Å². The fourth-order valence-electron chi connectivity index (χ4n) is 2.40. The number of hydrogen-bond donors (Lipinski definition) is 0. The van der Waals surface area contributed by atoms with Gasteiger partial charge in [0.2, 0.25) is 0 Å². The molecule has 0 bridgehead atoms. The Bertz CT molecular complexity index is 641. The quantitative estimate of drug-likeness (QED) is 0.846. The van der Waals surface area contributed by atoms with Gasteiger partial charge in [-0.05, 0) is 18.6 Å². The molecule has 1 fully saturated rings. The molecule has 6 nitrogen and oxygen atoms in total. The Morgan fingerprint density at radius 1 is 1.33 bits per heavy atom. The molecule has 3 rings (SSSR count). The molecule has 1 aliphatic rings. The van der Waals surface area contributed by atoms with E-state index in [9.17, 15) is 13.2 Å². The third-order valence-corrected chi connectivity index (χ3v) is 3.50. The van der Waals surface area contributed by atoms with Gasteiger partial charge in [-0.2, -0.15) is 17.7 Å². The van der Waals surface area contributed by atoms with Crippen molar-refractivity contribution in [1.82, 2.24) is 19.8 Å². The zero-order chi connectivity index (χ0) is 15.0. The lowest BCUT2D eigenvalue weighted by molar-refractivity contribution is -0.146. The fourth-order valence-corrected chi connectivity index (χ4v) is 2.40. The van der Waals surface area contributed by atoms with E-state index in [2.05, 4.69) is 15.3 Å². The van der Waals surface area contributed by atoms with E-state index < -0.39 is 12.0 Å². The molecule has 1 aliphatic heterocycles. The van der Waals surface area contributed by atoms with Crippen LogP contribution in [0.2, 0.25) is 0 Å². The molecule has 1 atom stereocenters. The highest BCUT2D eigenvalue weighted by atomic mass is 19.4. The Balaban J connectivity index is 2.03. The number of hydrogen-bond acceptors (Lipinski definition) is 5.